The van der Waals surface area contributed by atoms with Crippen molar-refractivity contribution in [3.05, 3.63) is 71.8 Å². The Bertz CT molecular complexity index is 931. The summed E-state index contributed by atoms with van der Waals surface area (Å²) in [6.45, 7) is 0.374. The zero-order valence-electron chi connectivity index (χ0n) is 16.9. The van der Waals surface area contributed by atoms with E-state index in [1.165, 1.54) is 4.90 Å². The number of hydrogen-bond donors (Lipinski definition) is 1. The maximum Gasteiger partial charge on any atom is 0.243 e. The van der Waals surface area contributed by atoms with E-state index in [2.05, 4.69) is 5.32 Å². The van der Waals surface area contributed by atoms with Crippen molar-refractivity contribution >= 4 is 17.7 Å². The molecule has 5 atom stereocenters. The van der Waals surface area contributed by atoms with Gasteiger partial charge in [-0.05, 0) is 42.2 Å². The highest BCUT2D eigenvalue weighted by atomic mass is 16.2. The summed E-state index contributed by atoms with van der Waals surface area (Å²) in [4.78, 5) is 41.2. The molecule has 2 aliphatic carbocycles. The Morgan fingerprint density at radius 2 is 1.40 bits per heavy atom. The zero-order chi connectivity index (χ0) is 20.7. The molecule has 2 bridgehead atoms. The lowest BCUT2D eigenvalue weighted by Crippen LogP contribution is -2.51. The van der Waals surface area contributed by atoms with Gasteiger partial charge in [-0.15, -0.1) is 0 Å². The first-order chi connectivity index (χ1) is 14.6. The Morgan fingerprint density at radius 1 is 0.867 bits per heavy atom. The molecule has 154 valence electrons. The number of nitrogens with one attached hydrogen (secondary N) is 1. The highest BCUT2D eigenvalue weighted by Crippen LogP contribution is 2.56. The molecule has 0 radical (unpaired) electrons. The molecule has 2 aromatic carbocycles. The minimum absolute atomic E-state index is 0.131. The number of carbonyl (C=O) groups excluding carboxylic acids is 3. The Balaban J connectivity index is 1.40. The van der Waals surface area contributed by atoms with Crippen LogP contribution in [0, 0.1) is 23.7 Å². The lowest BCUT2D eigenvalue weighted by atomic mass is 9.81. The monoisotopic (exact) mass is 402 g/mol. The summed E-state index contributed by atoms with van der Waals surface area (Å²) in [5.74, 6) is -0.331. The first kappa shape index (κ1) is 19.0. The molecule has 1 saturated heterocycles. The molecule has 1 aliphatic heterocycles. The van der Waals surface area contributed by atoms with Gasteiger partial charge in [0.1, 0.15) is 6.04 Å². The van der Waals surface area contributed by atoms with Crippen molar-refractivity contribution in [2.24, 2.45) is 23.7 Å². The molecule has 30 heavy (non-hydrogen) atoms. The topological polar surface area (TPSA) is 66.5 Å². The number of imide groups is 1. The first-order valence-corrected chi connectivity index (χ1v) is 10.9. The van der Waals surface area contributed by atoms with Gasteiger partial charge in [-0.3, -0.25) is 19.3 Å². The molecule has 0 spiro atoms. The van der Waals surface area contributed by atoms with Crippen LogP contribution in [-0.4, -0.2) is 28.7 Å². The summed E-state index contributed by atoms with van der Waals surface area (Å²) in [6.07, 6.45) is 3.39. The third-order valence-electron chi connectivity index (χ3n) is 7.16. The standard InChI is InChI=1S/C25H26N2O3/c28-23(26-15-17-9-5-2-6-10-17)20(13-16-7-3-1-4-8-16)27-24(29)21-18-11-12-19(14-18)22(21)25(27)30/h1-10,18-22H,11-15H2,(H,26,28)/t18-,19+,20-,21-,22-/m0/s1. The fourth-order valence-corrected chi connectivity index (χ4v) is 5.78. The summed E-state index contributed by atoms with van der Waals surface area (Å²) in [7, 11) is 0. The predicted octanol–water partition coefficient (Wildman–Crippen LogP) is 2.95. The summed E-state index contributed by atoms with van der Waals surface area (Å²) >= 11 is 0. The van der Waals surface area contributed by atoms with Crippen molar-refractivity contribution in [2.45, 2.75) is 38.3 Å². The maximum absolute atomic E-state index is 13.3. The number of amides is 3. The van der Waals surface area contributed by atoms with Crippen molar-refractivity contribution in [2.75, 3.05) is 0 Å². The molecule has 1 N–H and O–H groups in total. The number of likely N-dealkylation sites (tertiary alicyclic amines) is 1. The number of benzene rings is 2. The Kier molecular flexibility index (Phi) is 4.89. The normalized spacial score (nSPS) is 27.9. The zero-order valence-corrected chi connectivity index (χ0v) is 16.9. The molecule has 5 nitrogen and oxygen atoms in total. The number of hydrogen-bond acceptors (Lipinski definition) is 3. The molecule has 2 aromatic rings. The minimum Gasteiger partial charge on any atom is -0.350 e. The van der Waals surface area contributed by atoms with E-state index < -0.39 is 6.04 Å². The third kappa shape index (κ3) is 3.22. The van der Waals surface area contributed by atoms with Crippen LogP contribution in [0.25, 0.3) is 0 Å². The van der Waals surface area contributed by atoms with Gasteiger partial charge in [-0.2, -0.15) is 0 Å². The first-order valence-electron chi connectivity index (χ1n) is 10.9. The van der Waals surface area contributed by atoms with Crippen LogP contribution in [0.3, 0.4) is 0 Å². The molecule has 2 saturated carbocycles. The van der Waals surface area contributed by atoms with Gasteiger partial charge in [0.25, 0.3) is 0 Å². The molecule has 5 heteroatoms. The number of nitrogens with zero attached hydrogens (tertiary/aromatic N) is 1. The van der Waals surface area contributed by atoms with Crippen LogP contribution >= 0.6 is 0 Å². The van der Waals surface area contributed by atoms with E-state index >= 15 is 0 Å². The predicted molar refractivity (Wildman–Crippen MR) is 112 cm³/mol. The highest BCUT2D eigenvalue weighted by Gasteiger charge is 2.62. The van der Waals surface area contributed by atoms with E-state index in [-0.39, 0.29) is 29.6 Å². The van der Waals surface area contributed by atoms with Crippen LogP contribution in [0.2, 0.25) is 0 Å². The van der Waals surface area contributed by atoms with E-state index in [1.54, 1.807) is 0 Å². The molecular formula is C25H26N2O3. The molecular weight excluding hydrogens is 376 g/mol. The molecule has 3 amide bonds. The van der Waals surface area contributed by atoms with Crippen LogP contribution in [0.1, 0.15) is 30.4 Å². The van der Waals surface area contributed by atoms with E-state index in [9.17, 15) is 14.4 Å². The van der Waals surface area contributed by atoms with Crippen molar-refractivity contribution in [3.63, 3.8) is 0 Å². The van der Waals surface area contributed by atoms with Gasteiger partial charge in [0, 0.05) is 13.0 Å². The van der Waals surface area contributed by atoms with Crippen LogP contribution in [-0.2, 0) is 27.3 Å². The summed E-state index contributed by atoms with van der Waals surface area (Å²) < 4.78 is 0. The maximum atomic E-state index is 13.3. The van der Waals surface area contributed by atoms with Gasteiger partial charge in [-0.25, -0.2) is 0 Å². The van der Waals surface area contributed by atoms with Crippen molar-refractivity contribution < 1.29 is 14.4 Å². The lowest BCUT2D eigenvalue weighted by molar-refractivity contribution is -0.148. The van der Waals surface area contributed by atoms with Crippen molar-refractivity contribution in [3.8, 4) is 0 Å². The molecule has 5 rings (SSSR count). The third-order valence-corrected chi connectivity index (χ3v) is 7.16. The lowest BCUT2D eigenvalue weighted by Gasteiger charge is -2.27. The van der Waals surface area contributed by atoms with Gasteiger partial charge in [0.05, 0.1) is 11.8 Å². The average molecular weight is 402 g/mol. The van der Waals surface area contributed by atoms with Gasteiger partial charge < -0.3 is 5.32 Å². The quantitative estimate of drug-likeness (QED) is 0.756. The van der Waals surface area contributed by atoms with Gasteiger partial charge in [0.15, 0.2) is 0 Å². The van der Waals surface area contributed by atoms with Crippen LogP contribution in [0.5, 0.6) is 0 Å². The van der Waals surface area contributed by atoms with Crippen molar-refractivity contribution in [1.82, 2.24) is 10.2 Å². The van der Waals surface area contributed by atoms with Gasteiger partial charge in [0.2, 0.25) is 17.7 Å². The summed E-state index contributed by atoms with van der Waals surface area (Å²) in [6, 6.07) is 18.5. The molecule has 0 aromatic heterocycles. The SMILES string of the molecule is O=C(NCc1ccccc1)[C@H](Cc1ccccc1)N1C(=O)[C@H]2[C@@H]3CC[C@@H](C3)[C@@H]2C1=O. The molecule has 1 heterocycles. The molecule has 3 fully saturated rings. The molecule has 3 aliphatic rings. The molecule has 0 unspecified atom stereocenters. The summed E-state index contributed by atoms with van der Waals surface area (Å²) in [5, 5.41) is 2.96. The number of carbonyl (C=O) groups is 3. The highest BCUT2D eigenvalue weighted by molar-refractivity contribution is 6.09. The smallest absolute Gasteiger partial charge is 0.243 e. The van der Waals surface area contributed by atoms with E-state index in [1.807, 2.05) is 60.7 Å². The van der Waals surface area contributed by atoms with Gasteiger partial charge in [-0.1, -0.05) is 60.7 Å². The largest absolute Gasteiger partial charge is 0.350 e. The summed E-state index contributed by atoms with van der Waals surface area (Å²) in [5.41, 5.74) is 1.93. The van der Waals surface area contributed by atoms with Crippen molar-refractivity contribution in [1.29, 1.82) is 0 Å². The van der Waals surface area contributed by atoms with Crippen LogP contribution in [0.15, 0.2) is 60.7 Å². The second kappa shape index (κ2) is 7.71. The Hall–Kier alpha value is -2.95. The van der Waals surface area contributed by atoms with Gasteiger partial charge >= 0.3 is 0 Å². The fraction of sp³-hybridized carbons (Fsp3) is 0.400. The van der Waals surface area contributed by atoms with Crippen LogP contribution < -0.4 is 5.32 Å². The fourth-order valence-electron chi connectivity index (χ4n) is 5.78. The Labute approximate surface area is 176 Å². The van der Waals surface area contributed by atoms with E-state index in [0.717, 1.165) is 30.4 Å². The van der Waals surface area contributed by atoms with Crippen LogP contribution in [0.4, 0.5) is 0 Å². The van der Waals surface area contributed by atoms with E-state index in [4.69, 9.17) is 0 Å². The number of fused-ring (bicyclic) bond motifs is 5. The second-order valence-electron chi connectivity index (χ2n) is 8.84. The second-order valence-corrected chi connectivity index (χ2v) is 8.84. The Morgan fingerprint density at radius 3 is 1.97 bits per heavy atom. The van der Waals surface area contributed by atoms with E-state index in [0.29, 0.717) is 24.8 Å². The minimum atomic E-state index is -0.805. The number of rotatable bonds is 6. The average Bonchev–Trinajstić information content (AvgIpc) is 3.46.